The second kappa shape index (κ2) is 7.06. The summed E-state index contributed by atoms with van der Waals surface area (Å²) in [7, 11) is 1.39. The Kier molecular flexibility index (Phi) is 5.14. The Morgan fingerprint density at radius 3 is 2.33 bits per heavy atom. The average molecular weight is 294 g/mol. The Morgan fingerprint density at radius 1 is 1.14 bits per heavy atom. The minimum Gasteiger partial charge on any atom is -0.469 e. The molecule has 0 heterocycles. The fraction of sp³-hybridized carbons (Fsp3) is 0.467. The zero-order valence-electron chi connectivity index (χ0n) is 11.9. The molecule has 0 spiro atoms. The van der Waals surface area contributed by atoms with Crippen LogP contribution in [0.4, 0.5) is 14.9 Å². The van der Waals surface area contributed by atoms with Gasteiger partial charge >= 0.3 is 12.0 Å². The molecule has 0 saturated heterocycles. The quantitative estimate of drug-likeness (QED) is 0.842. The minimum absolute atomic E-state index is 0.0476. The van der Waals surface area contributed by atoms with E-state index >= 15 is 0 Å². The van der Waals surface area contributed by atoms with Crippen molar-refractivity contribution in [3.63, 3.8) is 0 Å². The Balaban J connectivity index is 1.76. The molecule has 0 aromatic heterocycles. The van der Waals surface area contributed by atoms with Crippen molar-refractivity contribution in [3.05, 3.63) is 30.1 Å². The highest BCUT2D eigenvalue weighted by molar-refractivity contribution is 5.89. The predicted octanol–water partition coefficient (Wildman–Crippen LogP) is 2.68. The number of nitrogens with one attached hydrogen (secondary N) is 2. The molecular weight excluding hydrogens is 275 g/mol. The van der Waals surface area contributed by atoms with E-state index in [1.165, 1.54) is 31.4 Å². The summed E-state index contributed by atoms with van der Waals surface area (Å²) in [4.78, 5) is 23.2. The third kappa shape index (κ3) is 4.44. The first-order valence-electron chi connectivity index (χ1n) is 6.99. The van der Waals surface area contributed by atoms with Crippen LogP contribution in [-0.2, 0) is 9.53 Å². The van der Waals surface area contributed by atoms with E-state index in [4.69, 9.17) is 4.74 Å². The van der Waals surface area contributed by atoms with Crippen molar-refractivity contribution in [2.45, 2.75) is 31.7 Å². The third-order valence-electron chi connectivity index (χ3n) is 3.70. The van der Waals surface area contributed by atoms with Gasteiger partial charge in [-0.05, 0) is 49.9 Å². The van der Waals surface area contributed by atoms with Crippen LogP contribution in [-0.4, -0.2) is 25.2 Å². The number of hydrogen-bond acceptors (Lipinski definition) is 3. The number of anilines is 1. The molecule has 2 N–H and O–H groups in total. The van der Waals surface area contributed by atoms with E-state index in [1.54, 1.807) is 0 Å². The third-order valence-corrected chi connectivity index (χ3v) is 3.70. The number of hydrogen-bond donors (Lipinski definition) is 2. The molecule has 6 heteroatoms. The summed E-state index contributed by atoms with van der Waals surface area (Å²) in [5.74, 6) is -0.584. The Labute approximate surface area is 122 Å². The molecule has 1 saturated carbocycles. The SMILES string of the molecule is COC(=O)C1CCC(NC(=O)Nc2ccc(F)cc2)CC1. The molecule has 5 nitrogen and oxygen atoms in total. The maximum absolute atomic E-state index is 12.8. The number of carbonyl (C=O) groups is 2. The van der Waals surface area contributed by atoms with Crippen molar-refractivity contribution in [1.29, 1.82) is 0 Å². The van der Waals surface area contributed by atoms with Gasteiger partial charge in [-0.2, -0.15) is 0 Å². The number of amides is 2. The van der Waals surface area contributed by atoms with Gasteiger partial charge in [0.25, 0.3) is 0 Å². The van der Waals surface area contributed by atoms with E-state index in [1.807, 2.05) is 0 Å². The molecule has 0 atom stereocenters. The van der Waals surface area contributed by atoms with Crippen LogP contribution in [0.3, 0.4) is 0 Å². The number of esters is 1. The molecule has 2 amide bonds. The van der Waals surface area contributed by atoms with Crippen LogP contribution in [0.25, 0.3) is 0 Å². The standard InChI is InChI=1S/C15H19FN2O3/c1-21-14(19)10-2-6-12(7-3-10)17-15(20)18-13-8-4-11(16)5-9-13/h4-5,8-10,12H,2-3,6-7H2,1H3,(H2,17,18,20). The highest BCUT2D eigenvalue weighted by Gasteiger charge is 2.27. The van der Waals surface area contributed by atoms with Crippen LogP contribution in [0, 0.1) is 11.7 Å². The van der Waals surface area contributed by atoms with Crippen LogP contribution >= 0.6 is 0 Å². The lowest BCUT2D eigenvalue weighted by Gasteiger charge is -2.27. The number of rotatable bonds is 3. The summed E-state index contributed by atoms with van der Waals surface area (Å²) >= 11 is 0. The fourth-order valence-corrected chi connectivity index (χ4v) is 2.53. The molecule has 0 radical (unpaired) electrons. The normalized spacial score (nSPS) is 21.4. The molecule has 1 aromatic carbocycles. The van der Waals surface area contributed by atoms with Gasteiger partial charge in [0.05, 0.1) is 13.0 Å². The van der Waals surface area contributed by atoms with Gasteiger partial charge in [0.15, 0.2) is 0 Å². The van der Waals surface area contributed by atoms with Gasteiger partial charge in [0.1, 0.15) is 5.82 Å². The lowest BCUT2D eigenvalue weighted by molar-refractivity contribution is -0.146. The number of halogens is 1. The molecule has 1 aliphatic rings. The van der Waals surface area contributed by atoms with Crippen molar-refractivity contribution in [2.24, 2.45) is 5.92 Å². The number of benzene rings is 1. The fourth-order valence-electron chi connectivity index (χ4n) is 2.53. The lowest BCUT2D eigenvalue weighted by atomic mass is 9.86. The minimum atomic E-state index is -0.345. The first kappa shape index (κ1) is 15.3. The van der Waals surface area contributed by atoms with E-state index < -0.39 is 0 Å². The molecule has 21 heavy (non-hydrogen) atoms. The van der Waals surface area contributed by atoms with Crippen molar-refractivity contribution < 1.29 is 18.7 Å². The van der Waals surface area contributed by atoms with Crippen LogP contribution in [0.2, 0.25) is 0 Å². The van der Waals surface area contributed by atoms with Crippen LogP contribution in [0.15, 0.2) is 24.3 Å². The van der Waals surface area contributed by atoms with E-state index in [0.29, 0.717) is 18.5 Å². The predicted molar refractivity (Wildman–Crippen MR) is 76.3 cm³/mol. The first-order valence-corrected chi connectivity index (χ1v) is 6.99. The summed E-state index contributed by atoms with van der Waals surface area (Å²) in [6.07, 6.45) is 2.93. The zero-order valence-corrected chi connectivity index (χ0v) is 11.9. The van der Waals surface area contributed by atoms with Gasteiger partial charge in [-0.25, -0.2) is 9.18 Å². The highest BCUT2D eigenvalue weighted by Crippen LogP contribution is 2.25. The van der Waals surface area contributed by atoms with E-state index in [0.717, 1.165) is 12.8 Å². The molecule has 0 unspecified atom stereocenters. The highest BCUT2D eigenvalue weighted by atomic mass is 19.1. The Bertz CT molecular complexity index is 496. The Hall–Kier alpha value is -2.11. The topological polar surface area (TPSA) is 67.4 Å². The first-order chi connectivity index (χ1) is 10.1. The lowest BCUT2D eigenvalue weighted by Crippen LogP contribution is -2.41. The number of ether oxygens (including phenoxy) is 1. The number of carbonyl (C=O) groups excluding carboxylic acids is 2. The Morgan fingerprint density at radius 2 is 1.76 bits per heavy atom. The van der Waals surface area contributed by atoms with E-state index in [9.17, 15) is 14.0 Å². The van der Waals surface area contributed by atoms with Crippen molar-refractivity contribution >= 4 is 17.7 Å². The molecule has 1 fully saturated rings. The summed E-state index contributed by atoms with van der Waals surface area (Å²) < 4.78 is 17.5. The van der Waals surface area contributed by atoms with Gasteiger partial charge in [-0.3, -0.25) is 4.79 Å². The van der Waals surface area contributed by atoms with Gasteiger partial charge in [-0.15, -0.1) is 0 Å². The van der Waals surface area contributed by atoms with Crippen LogP contribution in [0.1, 0.15) is 25.7 Å². The van der Waals surface area contributed by atoms with Gasteiger partial charge < -0.3 is 15.4 Å². The maximum atomic E-state index is 12.8. The number of urea groups is 1. The molecule has 114 valence electrons. The van der Waals surface area contributed by atoms with Crippen molar-refractivity contribution in [1.82, 2.24) is 5.32 Å². The summed E-state index contributed by atoms with van der Waals surface area (Å²) in [6, 6.07) is 5.31. The van der Waals surface area contributed by atoms with Crippen molar-refractivity contribution in [3.8, 4) is 0 Å². The van der Waals surface area contributed by atoms with E-state index in [2.05, 4.69) is 10.6 Å². The maximum Gasteiger partial charge on any atom is 0.319 e. The molecule has 1 aliphatic carbocycles. The molecule has 2 rings (SSSR count). The summed E-state index contributed by atoms with van der Waals surface area (Å²) in [5, 5.41) is 5.52. The molecule has 0 bridgehead atoms. The van der Waals surface area contributed by atoms with Crippen LogP contribution < -0.4 is 10.6 Å². The number of methoxy groups -OCH3 is 1. The second-order valence-electron chi connectivity index (χ2n) is 5.18. The average Bonchev–Trinajstić information content (AvgIpc) is 2.49. The second-order valence-corrected chi connectivity index (χ2v) is 5.18. The van der Waals surface area contributed by atoms with E-state index in [-0.39, 0.29) is 29.8 Å². The monoisotopic (exact) mass is 294 g/mol. The summed E-state index contributed by atoms with van der Waals surface area (Å²) in [6.45, 7) is 0. The van der Waals surface area contributed by atoms with Gasteiger partial charge in [-0.1, -0.05) is 0 Å². The van der Waals surface area contributed by atoms with Gasteiger partial charge in [0.2, 0.25) is 0 Å². The zero-order chi connectivity index (χ0) is 15.2. The molecule has 1 aromatic rings. The largest absolute Gasteiger partial charge is 0.469 e. The van der Waals surface area contributed by atoms with Crippen molar-refractivity contribution in [2.75, 3.05) is 12.4 Å². The molecule has 0 aliphatic heterocycles. The summed E-state index contributed by atoms with van der Waals surface area (Å²) in [5.41, 5.74) is 0.539. The van der Waals surface area contributed by atoms with Gasteiger partial charge in [0, 0.05) is 11.7 Å². The molecular formula is C15H19FN2O3. The smallest absolute Gasteiger partial charge is 0.319 e. The van der Waals surface area contributed by atoms with Crippen LogP contribution in [0.5, 0.6) is 0 Å².